The Bertz CT molecular complexity index is 959. The Morgan fingerprint density at radius 2 is 1.93 bits per heavy atom. The Kier molecular flexibility index (Phi) is 5.41. The predicted molar refractivity (Wildman–Crippen MR) is 101 cm³/mol. The summed E-state index contributed by atoms with van der Waals surface area (Å²) < 4.78 is 10.5. The van der Waals surface area contributed by atoms with Gasteiger partial charge >= 0.3 is 5.97 Å². The molecule has 27 heavy (non-hydrogen) atoms. The Balaban J connectivity index is 1.75. The third-order valence-electron chi connectivity index (χ3n) is 3.63. The fourth-order valence-electron chi connectivity index (χ4n) is 2.39. The van der Waals surface area contributed by atoms with Crippen molar-refractivity contribution in [1.29, 1.82) is 0 Å². The number of benzene rings is 2. The molecule has 2 aromatic rings. The van der Waals surface area contributed by atoms with Crippen LogP contribution in [0.2, 0.25) is 0 Å². The van der Waals surface area contributed by atoms with E-state index in [4.69, 9.17) is 9.47 Å². The number of nitro benzene ring substituents is 1. The molecule has 136 valence electrons. The Hall–Kier alpha value is -3.74. The van der Waals surface area contributed by atoms with E-state index in [0.717, 1.165) is 11.3 Å². The highest BCUT2D eigenvalue weighted by Gasteiger charge is 2.21. The van der Waals surface area contributed by atoms with E-state index in [1.165, 1.54) is 18.2 Å². The number of nitro groups is 1. The number of rotatable bonds is 6. The third-order valence-corrected chi connectivity index (χ3v) is 3.63. The summed E-state index contributed by atoms with van der Waals surface area (Å²) in [6.45, 7) is 2.49. The maximum absolute atomic E-state index is 12.0. The van der Waals surface area contributed by atoms with Gasteiger partial charge in [0.1, 0.15) is 5.75 Å². The predicted octanol–water partition coefficient (Wildman–Crippen LogP) is 4.00. The summed E-state index contributed by atoms with van der Waals surface area (Å²) >= 11 is 0. The highest BCUT2D eigenvalue weighted by Crippen LogP contribution is 2.19. The third kappa shape index (κ3) is 4.66. The molecule has 0 saturated heterocycles. The van der Waals surface area contributed by atoms with Gasteiger partial charge in [0.05, 0.1) is 11.5 Å². The molecule has 0 bridgehead atoms. The molecule has 0 aromatic heterocycles. The van der Waals surface area contributed by atoms with E-state index in [2.05, 4.69) is 4.99 Å². The van der Waals surface area contributed by atoms with Gasteiger partial charge in [0.2, 0.25) is 5.90 Å². The number of nitrogens with zero attached hydrogens (tertiary/aromatic N) is 2. The van der Waals surface area contributed by atoms with Gasteiger partial charge in [0, 0.05) is 18.2 Å². The van der Waals surface area contributed by atoms with Gasteiger partial charge in [-0.1, -0.05) is 24.3 Å². The zero-order valence-electron chi connectivity index (χ0n) is 14.5. The van der Waals surface area contributed by atoms with Crippen LogP contribution in [0.5, 0.6) is 5.75 Å². The van der Waals surface area contributed by atoms with Crippen LogP contribution in [-0.4, -0.2) is 23.4 Å². The first-order chi connectivity index (χ1) is 13.0. The molecule has 1 aliphatic rings. The maximum atomic E-state index is 12.0. The van der Waals surface area contributed by atoms with E-state index in [-0.39, 0.29) is 17.3 Å². The number of esters is 1. The standard InChI is InChI=1S/C20H16N2O5/c1-2-26-17-9-6-15(7-10-17)13-18-20(23)27-19(21-18)11-8-14-4-3-5-16(12-14)22(24)25/h3-13H,2H2,1H3. The van der Waals surface area contributed by atoms with Crippen molar-refractivity contribution < 1.29 is 19.2 Å². The fraction of sp³-hybridized carbons (Fsp3) is 0.100. The molecule has 7 heteroatoms. The summed E-state index contributed by atoms with van der Waals surface area (Å²) in [5.41, 5.74) is 1.56. The molecule has 0 radical (unpaired) electrons. The number of non-ortho nitro benzene ring substituents is 1. The van der Waals surface area contributed by atoms with Crippen LogP contribution < -0.4 is 4.74 Å². The zero-order chi connectivity index (χ0) is 19.2. The molecule has 0 fully saturated rings. The number of cyclic esters (lactones) is 1. The number of carbonyl (C=O) groups excluding carboxylic acids is 1. The minimum atomic E-state index is -0.553. The van der Waals surface area contributed by atoms with Crippen molar-refractivity contribution in [3.63, 3.8) is 0 Å². The van der Waals surface area contributed by atoms with Crippen molar-refractivity contribution in [2.24, 2.45) is 4.99 Å². The van der Waals surface area contributed by atoms with Crippen LogP contribution in [0.15, 0.2) is 65.3 Å². The van der Waals surface area contributed by atoms with Gasteiger partial charge in [0.15, 0.2) is 5.70 Å². The van der Waals surface area contributed by atoms with Crippen LogP contribution >= 0.6 is 0 Å². The van der Waals surface area contributed by atoms with Crippen LogP contribution in [0.4, 0.5) is 5.69 Å². The average Bonchev–Trinajstić information content (AvgIpc) is 3.01. The van der Waals surface area contributed by atoms with Gasteiger partial charge in [-0.05, 0) is 42.3 Å². The van der Waals surface area contributed by atoms with Crippen molar-refractivity contribution in [2.75, 3.05) is 6.61 Å². The first-order valence-corrected chi connectivity index (χ1v) is 8.23. The number of carbonyl (C=O) groups is 1. The van der Waals surface area contributed by atoms with Crippen molar-refractivity contribution >= 4 is 29.7 Å². The lowest BCUT2D eigenvalue weighted by Crippen LogP contribution is -2.01. The molecular weight excluding hydrogens is 348 g/mol. The molecule has 1 heterocycles. The molecule has 0 aliphatic carbocycles. The highest BCUT2D eigenvalue weighted by atomic mass is 16.6. The van der Waals surface area contributed by atoms with Crippen molar-refractivity contribution in [3.05, 3.63) is 81.5 Å². The fourth-order valence-corrected chi connectivity index (χ4v) is 2.39. The van der Waals surface area contributed by atoms with Crippen molar-refractivity contribution in [2.45, 2.75) is 6.92 Å². The number of aliphatic imine (C=N–C) groups is 1. The van der Waals surface area contributed by atoms with Gasteiger partial charge in [-0.15, -0.1) is 0 Å². The van der Waals surface area contributed by atoms with E-state index in [1.54, 1.807) is 24.3 Å². The largest absolute Gasteiger partial charge is 0.494 e. The van der Waals surface area contributed by atoms with E-state index in [0.29, 0.717) is 12.2 Å². The molecule has 0 saturated carbocycles. The van der Waals surface area contributed by atoms with Crippen molar-refractivity contribution in [3.8, 4) is 5.75 Å². The van der Waals surface area contributed by atoms with Crippen LogP contribution in [0.3, 0.4) is 0 Å². The van der Waals surface area contributed by atoms with E-state index in [1.807, 2.05) is 31.2 Å². The van der Waals surface area contributed by atoms with Crippen LogP contribution in [0.25, 0.3) is 12.2 Å². The number of hydrogen-bond donors (Lipinski definition) is 0. The van der Waals surface area contributed by atoms with Gasteiger partial charge in [-0.25, -0.2) is 9.79 Å². The first-order valence-electron chi connectivity index (χ1n) is 8.23. The molecule has 2 aromatic carbocycles. The summed E-state index contributed by atoms with van der Waals surface area (Å²) in [5.74, 6) is 0.323. The first kappa shape index (κ1) is 18.1. The average molecular weight is 364 g/mol. The summed E-state index contributed by atoms with van der Waals surface area (Å²) in [5, 5.41) is 10.8. The van der Waals surface area contributed by atoms with Crippen molar-refractivity contribution in [1.82, 2.24) is 0 Å². The van der Waals surface area contributed by atoms with Gasteiger partial charge < -0.3 is 9.47 Å². The molecule has 0 unspecified atom stereocenters. The molecule has 0 amide bonds. The van der Waals surface area contributed by atoms with Crippen LogP contribution in [0.1, 0.15) is 18.1 Å². The van der Waals surface area contributed by atoms with E-state index < -0.39 is 10.9 Å². The molecule has 0 atom stereocenters. The minimum absolute atomic E-state index is 0.0152. The van der Waals surface area contributed by atoms with Gasteiger partial charge in [-0.3, -0.25) is 10.1 Å². The summed E-state index contributed by atoms with van der Waals surface area (Å²) in [7, 11) is 0. The molecule has 3 rings (SSSR count). The summed E-state index contributed by atoms with van der Waals surface area (Å²) in [4.78, 5) is 26.4. The lowest BCUT2D eigenvalue weighted by molar-refractivity contribution is -0.384. The molecule has 0 N–H and O–H groups in total. The van der Waals surface area contributed by atoms with Gasteiger partial charge in [-0.2, -0.15) is 0 Å². The highest BCUT2D eigenvalue weighted by molar-refractivity contribution is 6.11. The molecule has 1 aliphatic heterocycles. The second kappa shape index (κ2) is 8.09. The normalized spacial score (nSPS) is 15.1. The number of hydrogen-bond acceptors (Lipinski definition) is 6. The van der Waals surface area contributed by atoms with Gasteiger partial charge in [0.25, 0.3) is 5.69 Å². The quantitative estimate of drug-likeness (QED) is 0.334. The van der Waals surface area contributed by atoms with Crippen LogP contribution in [0, 0.1) is 10.1 Å². The number of ether oxygens (including phenoxy) is 2. The van der Waals surface area contributed by atoms with E-state index >= 15 is 0 Å². The molecule has 7 nitrogen and oxygen atoms in total. The second-order valence-electron chi connectivity index (χ2n) is 5.56. The Morgan fingerprint density at radius 3 is 2.63 bits per heavy atom. The van der Waals surface area contributed by atoms with E-state index in [9.17, 15) is 14.9 Å². The summed E-state index contributed by atoms with van der Waals surface area (Å²) in [6, 6.07) is 13.4. The monoisotopic (exact) mass is 364 g/mol. The zero-order valence-corrected chi connectivity index (χ0v) is 14.5. The SMILES string of the molecule is CCOc1ccc(C=C2N=C(C=Cc3cccc([N+](=O)[O-])c3)OC2=O)cc1. The second-order valence-corrected chi connectivity index (χ2v) is 5.56. The topological polar surface area (TPSA) is 91.0 Å². The summed E-state index contributed by atoms with van der Waals surface area (Å²) in [6.07, 6.45) is 4.71. The lowest BCUT2D eigenvalue weighted by atomic mass is 10.2. The Labute approximate surface area is 155 Å². The smallest absolute Gasteiger partial charge is 0.363 e. The van der Waals surface area contributed by atoms with Crippen LogP contribution in [-0.2, 0) is 9.53 Å². The maximum Gasteiger partial charge on any atom is 0.363 e. The molecule has 0 spiro atoms. The Morgan fingerprint density at radius 1 is 1.15 bits per heavy atom. The lowest BCUT2D eigenvalue weighted by Gasteiger charge is -2.02. The minimum Gasteiger partial charge on any atom is -0.494 e. The molecular formula is C20H16N2O5.